The highest BCUT2D eigenvalue weighted by atomic mass is 19.1. The van der Waals surface area contributed by atoms with Gasteiger partial charge in [0.2, 0.25) is 0 Å². The Bertz CT molecular complexity index is 1290. The number of benzene rings is 2. The van der Waals surface area contributed by atoms with Crippen LogP contribution in [0.25, 0.3) is 0 Å². The third-order valence-corrected chi connectivity index (χ3v) is 6.97. The fourth-order valence-corrected chi connectivity index (χ4v) is 4.89. The van der Waals surface area contributed by atoms with Crippen molar-refractivity contribution in [2.24, 2.45) is 0 Å². The van der Waals surface area contributed by atoms with Crippen molar-refractivity contribution < 1.29 is 13.9 Å². The SMILES string of the molecule is C[C@@]1(C#N)COCc2ccc(C(=O)NCc3cc(N4CCC(F)(c5ccccc5)C4)ccn3)cc21. The average Bonchev–Trinajstić information content (AvgIpc) is 3.31. The van der Waals surface area contributed by atoms with Crippen molar-refractivity contribution in [3.63, 3.8) is 0 Å². The Balaban J connectivity index is 1.26. The second-order valence-electron chi connectivity index (χ2n) is 9.50. The molecule has 2 aliphatic rings. The molecule has 0 spiro atoms. The molecule has 3 heterocycles. The summed E-state index contributed by atoms with van der Waals surface area (Å²) in [6.45, 7) is 3.70. The third-order valence-electron chi connectivity index (χ3n) is 6.97. The molecule has 178 valence electrons. The minimum atomic E-state index is -1.38. The monoisotopic (exact) mass is 470 g/mol. The summed E-state index contributed by atoms with van der Waals surface area (Å²) in [6, 6.07) is 20.8. The van der Waals surface area contributed by atoms with Gasteiger partial charge in [0.05, 0.1) is 38.1 Å². The van der Waals surface area contributed by atoms with Crippen LogP contribution in [0.3, 0.4) is 0 Å². The van der Waals surface area contributed by atoms with E-state index in [9.17, 15) is 10.1 Å². The van der Waals surface area contributed by atoms with E-state index in [2.05, 4.69) is 16.4 Å². The van der Waals surface area contributed by atoms with Gasteiger partial charge in [0.25, 0.3) is 5.91 Å². The molecular weight excluding hydrogens is 443 g/mol. The van der Waals surface area contributed by atoms with Crippen LogP contribution in [0.4, 0.5) is 10.1 Å². The van der Waals surface area contributed by atoms with Crippen LogP contribution in [0, 0.1) is 11.3 Å². The summed E-state index contributed by atoms with van der Waals surface area (Å²) in [6.07, 6.45) is 2.12. The number of nitriles is 1. The molecule has 1 unspecified atom stereocenters. The molecule has 35 heavy (non-hydrogen) atoms. The molecule has 5 rings (SSSR count). The van der Waals surface area contributed by atoms with Gasteiger partial charge in [-0.3, -0.25) is 9.78 Å². The Kier molecular flexibility index (Phi) is 6.00. The summed E-state index contributed by atoms with van der Waals surface area (Å²) in [7, 11) is 0. The Morgan fingerprint density at radius 3 is 2.86 bits per heavy atom. The lowest BCUT2D eigenvalue weighted by Gasteiger charge is -2.30. The molecule has 0 radical (unpaired) electrons. The van der Waals surface area contributed by atoms with E-state index in [4.69, 9.17) is 4.74 Å². The molecular formula is C28H27FN4O2. The van der Waals surface area contributed by atoms with Crippen LogP contribution in [0.5, 0.6) is 0 Å². The first kappa shape index (κ1) is 23.0. The van der Waals surface area contributed by atoms with Crippen LogP contribution in [-0.2, 0) is 29.0 Å². The summed E-state index contributed by atoms with van der Waals surface area (Å²) in [4.78, 5) is 19.3. The first-order valence-corrected chi connectivity index (χ1v) is 11.8. The Morgan fingerprint density at radius 1 is 1.23 bits per heavy atom. The quantitative estimate of drug-likeness (QED) is 0.598. The van der Waals surface area contributed by atoms with E-state index in [1.54, 1.807) is 18.3 Å². The van der Waals surface area contributed by atoms with Gasteiger partial charge in [-0.05, 0) is 47.9 Å². The Hall–Kier alpha value is -3.76. The molecule has 1 saturated heterocycles. The fraction of sp³-hybridized carbons (Fsp3) is 0.321. The zero-order chi connectivity index (χ0) is 24.5. The van der Waals surface area contributed by atoms with E-state index in [0.717, 1.165) is 16.8 Å². The first-order valence-electron chi connectivity index (χ1n) is 11.8. The van der Waals surface area contributed by atoms with E-state index in [0.29, 0.717) is 43.0 Å². The molecule has 1 fully saturated rings. The molecule has 2 aliphatic heterocycles. The standard InChI is InChI=1S/C28H27FN4O2/c1-27(17-30)19-35-16-21-8-7-20(13-25(21)27)26(34)32-15-23-14-24(9-11-31-23)33-12-10-28(29,18-33)22-5-3-2-4-6-22/h2-9,11,13-14H,10,12,15-16,18-19H2,1H3,(H,32,34)/t27-,28?/m1/s1. The molecule has 2 atom stereocenters. The number of hydrogen-bond donors (Lipinski definition) is 1. The molecule has 0 saturated carbocycles. The average molecular weight is 471 g/mol. The number of carbonyl (C=O) groups is 1. The fourth-order valence-electron chi connectivity index (χ4n) is 4.89. The van der Waals surface area contributed by atoms with Crippen LogP contribution in [0.15, 0.2) is 66.9 Å². The molecule has 2 aromatic carbocycles. The number of nitrogens with one attached hydrogen (secondary N) is 1. The topological polar surface area (TPSA) is 78.2 Å². The van der Waals surface area contributed by atoms with E-state index >= 15 is 4.39 Å². The van der Waals surface area contributed by atoms with E-state index in [1.807, 2.05) is 60.4 Å². The van der Waals surface area contributed by atoms with Gasteiger partial charge in [-0.2, -0.15) is 5.26 Å². The van der Waals surface area contributed by atoms with E-state index in [-0.39, 0.29) is 19.0 Å². The van der Waals surface area contributed by atoms with Gasteiger partial charge in [0.15, 0.2) is 5.67 Å². The summed E-state index contributed by atoms with van der Waals surface area (Å²) in [5.41, 5.74) is 2.38. The zero-order valence-corrected chi connectivity index (χ0v) is 19.6. The van der Waals surface area contributed by atoms with Gasteiger partial charge in [-0.15, -0.1) is 0 Å². The summed E-state index contributed by atoms with van der Waals surface area (Å²) in [5.74, 6) is -0.236. The second kappa shape index (κ2) is 9.12. The highest BCUT2D eigenvalue weighted by Gasteiger charge is 2.40. The van der Waals surface area contributed by atoms with Crippen molar-refractivity contribution >= 4 is 11.6 Å². The lowest BCUT2D eigenvalue weighted by Crippen LogP contribution is -2.33. The molecule has 7 heteroatoms. The smallest absolute Gasteiger partial charge is 0.251 e. The lowest BCUT2D eigenvalue weighted by atomic mass is 9.79. The van der Waals surface area contributed by atoms with Crippen molar-refractivity contribution in [2.45, 2.75) is 37.6 Å². The number of anilines is 1. The molecule has 6 nitrogen and oxygen atoms in total. The van der Waals surface area contributed by atoms with Gasteiger partial charge in [0, 0.05) is 30.4 Å². The molecule has 0 aliphatic carbocycles. The van der Waals surface area contributed by atoms with Crippen LogP contribution in [-0.4, -0.2) is 30.6 Å². The largest absolute Gasteiger partial charge is 0.375 e. The van der Waals surface area contributed by atoms with Gasteiger partial charge in [-0.25, -0.2) is 4.39 Å². The Morgan fingerprint density at radius 2 is 2.06 bits per heavy atom. The van der Waals surface area contributed by atoms with Crippen molar-refractivity contribution in [3.05, 3.63) is 94.8 Å². The number of carbonyl (C=O) groups excluding carboxylic acids is 1. The number of alkyl halides is 1. The third kappa shape index (κ3) is 4.50. The van der Waals surface area contributed by atoms with Crippen molar-refractivity contribution in [1.29, 1.82) is 5.26 Å². The number of rotatable bonds is 5. The number of aromatic nitrogens is 1. The van der Waals surface area contributed by atoms with Crippen LogP contribution < -0.4 is 10.2 Å². The number of ether oxygens (including phenoxy) is 1. The number of amides is 1. The van der Waals surface area contributed by atoms with Crippen LogP contribution in [0.2, 0.25) is 0 Å². The lowest BCUT2D eigenvalue weighted by molar-refractivity contribution is 0.0757. The highest BCUT2D eigenvalue weighted by molar-refractivity contribution is 5.94. The van der Waals surface area contributed by atoms with Gasteiger partial charge < -0.3 is 15.0 Å². The minimum Gasteiger partial charge on any atom is -0.375 e. The van der Waals surface area contributed by atoms with Crippen molar-refractivity contribution in [3.8, 4) is 6.07 Å². The molecule has 1 aromatic heterocycles. The van der Waals surface area contributed by atoms with Gasteiger partial charge in [-0.1, -0.05) is 36.4 Å². The van der Waals surface area contributed by atoms with Crippen LogP contribution in [0.1, 0.15) is 46.1 Å². The van der Waals surface area contributed by atoms with Gasteiger partial charge in [0.1, 0.15) is 5.41 Å². The normalized spacial score (nSPS) is 23.4. The van der Waals surface area contributed by atoms with Crippen molar-refractivity contribution in [2.75, 3.05) is 24.6 Å². The predicted octanol–water partition coefficient (Wildman–Crippen LogP) is 4.40. The number of nitrogens with zero attached hydrogens (tertiary/aromatic N) is 3. The summed E-state index contributed by atoms with van der Waals surface area (Å²) >= 11 is 0. The maximum Gasteiger partial charge on any atom is 0.251 e. The van der Waals surface area contributed by atoms with Gasteiger partial charge >= 0.3 is 0 Å². The molecule has 0 bridgehead atoms. The molecule has 1 N–H and O–H groups in total. The Labute approximate surface area is 204 Å². The summed E-state index contributed by atoms with van der Waals surface area (Å²) < 4.78 is 21.1. The van der Waals surface area contributed by atoms with E-state index in [1.165, 1.54) is 0 Å². The maximum atomic E-state index is 15.6. The first-order chi connectivity index (χ1) is 16.9. The second-order valence-corrected chi connectivity index (χ2v) is 9.50. The number of pyridine rings is 1. The summed E-state index contributed by atoms with van der Waals surface area (Å²) in [5, 5.41) is 12.5. The minimum absolute atomic E-state index is 0.236. The number of fused-ring (bicyclic) bond motifs is 1. The molecule has 3 aromatic rings. The van der Waals surface area contributed by atoms with Crippen LogP contribution >= 0.6 is 0 Å². The maximum absolute atomic E-state index is 15.6. The number of halogens is 1. The number of hydrogen-bond acceptors (Lipinski definition) is 5. The van der Waals surface area contributed by atoms with Crippen molar-refractivity contribution in [1.82, 2.24) is 10.3 Å². The van der Waals surface area contributed by atoms with E-state index < -0.39 is 11.1 Å². The highest BCUT2D eigenvalue weighted by Crippen LogP contribution is 2.38. The zero-order valence-electron chi connectivity index (χ0n) is 19.6. The predicted molar refractivity (Wildman–Crippen MR) is 131 cm³/mol. The molecule has 1 amide bonds.